The number of carbonyl (C=O) groups is 1. The lowest BCUT2D eigenvalue weighted by molar-refractivity contribution is -0.118. The summed E-state index contributed by atoms with van der Waals surface area (Å²) in [5.74, 6) is 0.592. The first-order valence-corrected chi connectivity index (χ1v) is 4.36. The van der Waals surface area contributed by atoms with E-state index in [1.807, 2.05) is 13.8 Å². The molecule has 1 N–H and O–H groups in total. The van der Waals surface area contributed by atoms with Gasteiger partial charge >= 0.3 is 0 Å². The van der Waals surface area contributed by atoms with Gasteiger partial charge < -0.3 is 5.32 Å². The minimum atomic E-state index is 0.177. The second-order valence-corrected chi connectivity index (χ2v) is 3.95. The van der Waals surface area contributed by atoms with Crippen LogP contribution in [0.15, 0.2) is 0 Å². The summed E-state index contributed by atoms with van der Waals surface area (Å²) in [7, 11) is 0. The number of rotatable bonds is 4. The van der Waals surface area contributed by atoms with Crippen LogP contribution in [0.1, 0.15) is 20.3 Å². The van der Waals surface area contributed by atoms with Gasteiger partial charge in [0.15, 0.2) is 5.78 Å². The van der Waals surface area contributed by atoms with E-state index in [1.54, 1.807) is 0 Å². The topological polar surface area (TPSA) is 29.1 Å². The average Bonchev–Trinajstić information content (AvgIpc) is 1.82. The van der Waals surface area contributed by atoms with E-state index in [0.29, 0.717) is 23.2 Å². The molecule has 0 atom stereocenters. The summed E-state index contributed by atoms with van der Waals surface area (Å²) >= 11 is 8.46. The molecule has 0 rings (SSSR count). The highest BCUT2D eigenvalue weighted by molar-refractivity contribution is 8.11. The minimum absolute atomic E-state index is 0.177. The van der Waals surface area contributed by atoms with Crippen LogP contribution in [0.3, 0.4) is 0 Å². The van der Waals surface area contributed by atoms with Crippen LogP contribution in [0.2, 0.25) is 0 Å². The summed E-state index contributed by atoms with van der Waals surface area (Å²) in [6, 6.07) is 0. The van der Waals surface area contributed by atoms with Gasteiger partial charge in [0.1, 0.15) is 4.32 Å². The van der Waals surface area contributed by atoms with E-state index in [2.05, 4.69) is 30.2 Å². The fraction of sp³-hybridized carbons (Fsp3) is 0.714. The SMILES string of the molecule is CC(C)CC(=O)CNC(=S)S. The largest absolute Gasteiger partial charge is 0.364 e. The van der Waals surface area contributed by atoms with Crippen molar-refractivity contribution in [1.82, 2.24) is 5.32 Å². The Morgan fingerprint density at radius 1 is 1.64 bits per heavy atom. The number of ketones is 1. The monoisotopic (exact) mass is 191 g/mol. The predicted molar refractivity (Wildman–Crippen MR) is 54.0 cm³/mol. The summed E-state index contributed by atoms with van der Waals surface area (Å²) in [5.41, 5.74) is 0. The van der Waals surface area contributed by atoms with E-state index >= 15 is 0 Å². The van der Waals surface area contributed by atoms with Crippen LogP contribution >= 0.6 is 24.8 Å². The van der Waals surface area contributed by atoms with Gasteiger partial charge in [-0.3, -0.25) is 4.79 Å². The van der Waals surface area contributed by atoms with Crippen molar-refractivity contribution in [2.75, 3.05) is 6.54 Å². The number of thiocarbonyl (C=S) groups is 1. The van der Waals surface area contributed by atoms with Crippen LogP contribution in [0.25, 0.3) is 0 Å². The van der Waals surface area contributed by atoms with Crippen molar-refractivity contribution in [2.45, 2.75) is 20.3 Å². The summed E-state index contributed by atoms with van der Waals surface area (Å²) in [4.78, 5) is 11.0. The molecule has 0 spiro atoms. The third-order valence-corrected chi connectivity index (χ3v) is 1.38. The van der Waals surface area contributed by atoms with E-state index in [-0.39, 0.29) is 5.78 Å². The lowest BCUT2D eigenvalue weighted by Gasteiger charge is -2.04. The molecule has 0 radical (unpaired) electrons. The second-order valence-electron chi connectivity index (χ2n) is 2.80. The lowest BCUT2D eigenvalue weighted by Crippen LogP contribution is -2.25. The molecule has 0 aromatic heterocycles. The quantitative estimate of drug-likeness (QED) is 0.520. The zero-order valence-corrected chi connectivity index (χ0v) is 8.47. The molecule has 0 saturated carbocycles. The summed E-state index contributed by atoms with van der Waals surface area (Å²) in [5, 5.41) is 2.70. The van der Waals surface area contributed by atoms with Gasteiger partial charge in [-0.25, -0.2) is 0 Å². The predicted octanol–water partition coefficient (Wildman–Crippen LogP) is 1.41. The smallest absolute Gasteiger partial charge is 0.152 e. The third-order valence-electron chi connectivity index (χ3n) is 1.07. The normalized spacial score (nSPS) is 9.82. The number of nitrogens with one attached hydrogen (secondary N) is 1. The Morgan fingerprint density at radius 2 is 2.18 bits per heavy atom. The van der Waals surface area contributed by atoms with Crippen molar-refractivity contribution in [1.29, 1.82) is 0 Å². The molecule has 0 aromatic carbocycles. The fourth-order valence-electron chi connectivity index (χ4n) is 0.702. The van der Waals surface area contributed by atoms with E-state index < -0.39 is 0 Å². The Kier molecular flexibility index (Phi) is 5.50. The zero-order valence-electron chi connectivity index (χ0n) is 6.76. The van der Waals surface area contributed by atoms with Gasteiger partial charge in [0.2, 0.25) is 0 Å². The molecule has 0 saturated heterocycles. The zero-order chi connectivity index (χ0) is 8.85. The van der Waals surface area contributed by atoms with E-state index in [0.717, 1.165) is 0 Å². The number of hydrogen-bond acceptors (Lipinski definition) is 2. The standard InChI is InChI=1S/C7H13NOS2/c1-5(2)3-6(9)4-8-7(10)11/h5H,3-4H2,1-2H3,(H2,8,10,11). The van der Waals surface area contributed by atoms with Crippen molar-refractivity contribution in [3.8, 4) is 0 Å². The van der Waals surface area contributed by atoms with Gasteiger partial charge in [-0.15, -0.1) is 12.6 Å². The minimum Gasteiger partial charge on any atom is -0.364 e. The molecule has 11 heavy (non-hydrogen) atoms. The second kappa shape index (κ2) is 5.55. The lowest BCUT2D eigenvalue weighted by atomic mass is 10.1. The molecule has 0 aliphatic rings. The molecule has 2 nitrogen and oxygen atoms in total. The molecule has 64 valence electrons. The van der Waals surface area contributed by atoms with E-state index in [9.17, 15) is 4.79 Å². The summed E-state index contributed by atoms with van der Waals surface area (Å²) in [6.07, 6.45) is 0.601. The number of hydrogen-bond donors (Lipinski definition) is 2. The Bertz CT molecular complexity index is 157. The molecule has 0 fully saturated rings. The van der Waals surface area contributed by atoms with Gasteiger partial charge in [-0.1, -0.05) is 26.1 Å². The summed E-state index contributed by atoms with van der Waals surface area (Å²) < 4.78 is 0.377. The number of thiol groups is 1. The van der Waals surface area contributed by atoms with Crippen LogP contribution in [0.5, 0.6) is 0 Å². The molecule has 0 aliphatic heterocycles. The van der Waals surface area contributed by atoms with Crippen molar-refractivity contribution in [3.63, 3.8) is 0 Å². The molecule has 0 unspecified atom stereocenters. The van der Waals surface area contributed by atoms with Crippen molar-refractivity contribution < 1.29 is 4.79 Å². The van der Waals surface area contributed by atoms with Gasteiger partial charge in [0.05, 0.1) is 6.54 Å². The van der Waals surface area contributed by atoms with Crippen molar-refractivity contribution in [3.05, 3.63) is 0 Å². The molecule has 4 heteroatoms. The fourth-order valence-corrected chi connectivity index (χ4v) is 0.853. The Balaban J connectivity index is 3.45. The molecule has 0 amide bonds. The van der Waals surface area contributed by atoms with Gasteiger partial charge in [0.25, 0.3) is 0 Å². The Morgan fingerprint density at radius 3 is 2.55 bits per heavy atom. The Labute approximate surface area is 78.2 Å². The summed E-state index contributed by atoms with van der Waals surface area (Å²) in [6.45, 7) is 4.33. The van der Waals surface area contributed by atoms with Gasteiger partial charge in [-0.05, 0) is 5.92 Å². The van der Waals surface area contributed by atoms with Crippen LogP contribution in [-0.4, -0.2) is 16.6 Å². The molecule has 0 aliphatic carbocycles. The number of carbonyl (C=O) groups excluding carboxylic acids is 1. The first kappa shape index (κ1) is 10.9. The highest BCUT2D eigenvalue weighted by atomic mass is 32.1. The van der Waals surface area contributed by atoms with Gasteiger partial charge in [0, 0.05) is 6.42 Å². The average molecular weight is 191 g/mol. The molecular formula is C7H13NOS2. The van der Waals surface area contributed by atoms with E-state index in [1.165, 1.54) is 0 Å². The number of Topliss-reactive ketones (excluding diaryl/α,β-unsaturated/α-hetero) is 1. The van der Waals surface area contributed by atoms with E-state index in [4.69, 9.17) is 0 Å². The maximum absolute atomic E-state index is 11.0. The first-order chi connectivity index (χ1) is 5.02. The third kappa shape index (κ3) is 7.81. The maximum Gasteiger partial charge on any atom is 0.152 e. The van der Waals surface area contributed by atoms with Crippen LogP contribution in [0.4, 0.5) is 0 Å². The molecule has 0 aromatic rings. The van der Waals surface area contributed by atoms with Crippen LogP contribution < -0.4 is 5.32 Å². The maximum atomic E-state index is 11.0. The van der Waals surface area contributed by atoms with Crippen LogP contribution in [0, 0.1) is 5.92 Å². The Hall–Kier alpha value is -0.0900. The van der Waals surface area contributed by atoms with Gasteiger partial charge in [-0.2, -0.15) is 0 Å². The molecule has 0 heterocycles. The van der Waals surface area contributed by atoms with Crippen molar-refractivity contribution in [2.24, 2.45) is 5.92 Å². The first-order valence-electron chi connectivity index (χ1n) is 3.51. The highest BCUT2D eigenvalue weighted by Crippen LogP contribution is 1.98. The van der Waals surface area contributed by atoms with Crippen LogP contribution in [-0.2, 0) is 4.79 Å². The van der Waals surface area contributed by atoms with Crippen molar-refractivity contribution >= 4 is 35.0 Å². The molecule has 0 bridgehead atoms. The molecular weight excluding hydrogens is 178 g/mol. The highest BCUT2D eigenvalue weighted by Gasteiger charge is 2.03.